The third-order valence-electron chi connectivity index (χ3n) is 3.04. The van der Waals surface area contributed by atoms with Gasteiger partial charge in [0.15, 0.2) is 4.80 Å². The lowest BCUT2D eigenvalue weighted by Crippen LogP contribution is -2.24. The number of esters is 1. The highest BCUT2D eigenvalue weighted by Crippen LogP contribution is 2.23. The van der Waals surface area contributed by atoms with Crippen LogP contribution >= 0.6 is 22.9 Å². The zero-order chi connectivity index (χ0) is 17.0. The van der Waals surface area contributed by atoms with Crippen LogP contribution in [0.1, 0.15) is 36.4 Å². The monoisotopic (exact) mass is 352 g/mol. The Hall–Kier alpha value is -1.92. The summed E-state index contributed by atoms with van der Waals surface area (Å²) in [6.07, 6.45) is 0.514. The molecule has 0 atom stereocenters. The van der Waals surface area contributed by atoms with Crippen LogP contribution in [0.25, 0.3) is 0 Å². The maximum Gasteiger partial charge on any atom is 0.312 e. The van der Waals surface area contributed by atoms with Gasteiger partial charge in [0.1, 0.15) is 0 Å². The minimum absolute atomic E-state index is 0.180. The number of thiazole rings is 1. The normalized spacial score (nSPS) is 11.6. The first kappa shape index (κ1) is 17.4. The molecule has 0 spiro atoms. The van der Waals surface area contributed by atoms with Gasteiger partial charge in [0, 0.05) is 17.9 Å². The van der Waals surface area contributed by atoms with E-state index in [0.29, 0.717) is 15.5 Å². The van der Waals surface area contributed by atoms with Gasteiger partial charge in [-0.05, 0) is 31.2 Å². The van der Waals surface area contributed by atoms with Crippen molar-refractivity contribution in [2.24, 2.45) is 4.99 Å². The number of aryl methyl sites for hydroxylation is 1. The van der Waals surface area contributed by atoms with Gasteiger partial charge in [0.25, 0.3) is 0 Å². The van der Waals surface area contributed by atoms with Crippen LogP contribution in [-0.4, -0.2) is 16.4 Å². The number of carbonyl (C=O) groups is 2. The highest BCUT2D eigenvalue weighted by Gasteiger charge is 2.19. The van der Waals surface area contributed by atoms with Gasteiger partial charge in [-0.15, -0.1) is 0 Å². The van der Waals surface area contributed by atoms with E-state index in [1.54, 1.807) is 45.0 Å². The van der Waals surface area contributed by atoms with Gasteiger partial charge in [0.2, 0.25) is 11.8 Å². The Morgan fingerprint density at radius 3 is 2.43 bits per heavy atom. The first-order chi connectivity index (χ1) is 11.0. The molecule has 0 amide bonds. The highest BCUT2D eigenvalue weighted by molar-refractivity contribution is 7.09. The fourth-order valence-electron chi connectivity index (χ4n) is 1.84. The molecule has 0 aliphatic carbocycles. The van der Waals surface area contributed by atoms with E-state index in [1.165, 1.54) is 15.9 Å². The zero-order valence-electron chi connectivity index (χ0n) is 13.1. The van der Waals surface area contributed by atoms with Gasteiger partial charge in [0.05, 0.1) is 10.6 Å². The molecule has 0 bridgehead atoms. The summed E-state index contributed by atoms with van der Waals surface area (Å²) in [5.41, 5.74) is 0.668. The molecule has 0 unspecified atom stereocenters. The van der Waals surface area contributed by atoms with Crippen molar-refractivity contribution in [3.05, 3.63) is 39.0 Å². The van der Waals surface area contributed by atoms with E-state index < -0.39 is 0 Å². The summed E-state index contributed by atoms with van der Waals surface area (Å²) in [4.78, 5) is 29.6. The van der Waals surface area contributed by atoms with Crippen molar-refractivity contribution in [3.63, 3.8) is 0 Å². The number of hydrogen-bond acceptors (Lipinski definition) is 5. The Balaban J connectivity index is 2.59. The second kappa shape index (κ2) is 7.57. The molecule has 23 heavy (non-hydrogen) atoms. The van der Waals surface area contributed by atoms with Gasteiger partial charge in [-0.25, -0.2) is 9.56 Å². The molecule has 0 aliphatic rings. The zero-order valence-corrected chi connectivity index (χ0v) is 14.7. The molecule has 1 aromatic carbocycles. The number of hydrogen-bond donors (Lipinski definition) is 0. The van der Waals surface area contributed by atoms with Crippen molar-refractivity contribution >= 4 is 40.5 Å². The van der Waals surface area contributed by atoms with Crippen molar-refractivity contribution in [2.45, 2.75) is 33.6 Å². The Kier molecular flexibility index (Phi) is 5.74. The maximum atomic E-state index is 12.3. The second-order valence-corrected chi connectivity index (χ2v) is 6.36. The molecule has 0 saturated heterocycles. The fraction of sp³-hybridized carbons (Fsp3) is 0.312. The van der Waals surface area contributed by atoms with E-state index in [9.17, 15) is 9.59 Å². The lowest BCUT2D eigenvalue weighted by Gasteiger charge is -2.07. The third-order valence-corrected chi connectivity index (χ3v) is 4.23. The van der Waals surface area contributed by atoms with Gasteiger partial charge in [-0.2, -0.15) is 0 Å². The SMILES string of the molecule is CCC(=O)Oc1c(C)sc(=Nc2ccc(Cl)cc2)n1C(=O)CC. The Bertz CT molecular complexity index is 791. The number of nitrogens with zero attached hydrogens (tertiary/aromatic N) is 2. The van der Waals surface area contributed by atoms with Crippen LogP contribution in [0.4, 0.5) is 5.69 Å². The number of benzene rings is 1. The van der Waals surface area contributed by atoms with Crippen LogP contribution in [0.15, 0.2) is 29.3 Å². The maximum absolute atomic E-state index is 12.3. The first-order valence-corrected chi connectivity index (χ1v) is 8.42. The molecule has 0 N–H and O–H groups in total. The molecule has 2 rings (SSSR count). The largest absolute Gasteiger partial charge is 0.408 e. The van der Waals surface area contributed by atoms with Crippen molar-refractivity contribution < 1.29 is 14.3 Å². The predicted molar refractivity (Wildman–Crippen MR) is 90.6 cm³/mol. The van der Waals surface area contributed by atoms with Crippen molar-refractivity contribution in [2.75, 3.05) is 0 Å². The summed E-state index contributed by atoms with van der Waals surface area (Å²) in [6, 6.07) is 6.97. The second-order valence-electron chi connectivity index (χ2n) is 4.74. The van der Waals surface area contributed by atoms with Crippen molar-refractivity contribution in [3.8, 4) is 5.88 Å². The Labute approximate surface area is 143 Å². The number of ether oxygens (including phenoxy) is 1. The van der Waals surface area contributed by atoms with Crippen LogP contribution in [0.5, 0.6) is 5.88 Å². The molecule has 7 heteroatoms. The smallest absolute Gasteiger partial charge is 0.312 e. The molecule has 5 nitrogen and oxygen atoms in total. The molecule has 1 aromatic heterocycles. The minimum atomic E-state index is -0.387. The van der Waals surface area contributed by atoms with Crippen molar-refractivity contribution in [1.82, 2.24) is 4.57 Å². The molecular weight excluding hydrogens is 336 g/mol. The summed E-state index contributed by atoms with van der Waals surface area (Å²) in [5.74, 6) is -0.316. The average molecular weight is 353 g/mol. The summed E-state index contributed by atoms with van der Waals surface area (Å²) < 4.78 is 6.68. The third kappa shape index (κ3) is 4.09. The number of rotatable bonds is 4. The molecule has 0 aliphatic heterocycles. The molecule has 2 aromatic rings. The van der Waals surface area contributed by atoms with E-state index in [2.05, 4.69) is 4.99 Å². The standard InChI is InChI=1S/C16H17ClN2O3S/c1-4-13(20)19-15(22-14(21)5-2)10(3)23-16(19)18-12-8-6-11(17)7-9-12/h6-9H,4-5H2,1-3H3. The number of aromatic nitrogens is 1. The Morgan fingerprint density at radius 2 is 1.87 bits per heavy atom. The van der Waals surface area contributed by atoms with Gasteiger partial charge >= 0.3 is 5.97 Å². The number of carbonyl (C=O) groups excluding carboxylic acids is 2. The fourth-order valence-corrected chi connectivity index (χ4v) is 2.89. The lowest BCUT2D eigenvalue weighted by molar-refractivity contribution is -0.134. The van der Waals surface area contributed by atoms with Crippen molar-refractivity contribution in [1.29, 1.82) is 0 Å². The van der Waals surface area contributed by atoms with Crippen LogP contribution in [0.3, 0.4) is 0 Å². The molecule has 122 valence electrons. The Morgan fingerprint density at radius 1 is 1.22 bits per heavy atom. The van der Waals surface area contributed by atoms with Crippen LogP contribution < -0.4 is 9.54 Å². The van der Waals surface area contributed by atoms with Crippen LogP contribution in [0.2, 0.25) is 5.02 Å². The quantitative estimate of drug-likeness (QED) is 0.778. The van der Waals surface area contributed by atoms with E-state index in [0.717, 1.165) is 4.88 Å². The van der Waals surface area contributed by atoms with E-state index in [-0.39, 0.29) is 30.6 Å². The number of halogens is 1. The van der Waals surface area contributed by atoms with E-state index >= 15 is 0 Å². The first-order valence-electron chi connectivity index (χ1n) is 7.22. The highest BCUT2D eigenvalue weighted by atomic mass is 35.5. The lowest BCUT2D eigenvalue weighted by atomic mass is 10.3. The van der Waals surface area contributed by atoms with Gasteiger partial charge in [-0.3, -0.25) is 9.59 Å². The summed E-state index contributed by atoms with van der Waals surface area (Å²) >= 11 is 7.17. The predicted octanol–water partition coefficient (Wildman–Crippen LogP) is 4.11. The molecule has 0 fully saturated rings. The summed E-state index contributed by atoms with van der Waals surface area (Å²) in [6.45, 7) is 5.25. The minimum Gasteiger partial charge on any atom is -0.408 e. The average Bonchev–Trinajstić information content (AvgIpc) is 2.84. The topological polar surface area (TPSA) is 60.7 Å². The van der Waals surface area contributed by atoms with Crippen LogP contribution in [0, 0.1) is 6.92 Å². The summed E-state index contributed by atoms with van der Waals surface area (Å²) in [5, 5.41) is 0.612. The van der Waals surface area contributed by atoms with E-state index in [4.69, 9.17) is 16.3 Å². The summed E-state index contributed by atoms with van der Waals surface area (Å²) in [7, 11) is 0. The molecule has 0 saturated carbocycles. The van der Waals surface area contributed by atoms with Crippen LogP contribution in [-0.2, 0) is 4.79 Å². The molecule has 1 heterocycles. The van der Waals surface area contributed by atoms with Gasteiger partial charge in [-0.1, -0.05) is 36.8 Å². The van der Waals surface area contributed by atoms with Gasteiger partial charge < -0.3 is 4.74 Å². The molecule has 0 radical (unpaired) electrons. The van der Waals surface area contributed by atoms with E-state index in [1.807, 2.05) is 0 Å². The molecular formula is C16H17ClN2O3S.